The second kappa shape index (κ2) is 16.3. The van der Waals surface area contributed by atoms with Gasteiger partial charge in [-0.1, -0.05) is 104 Å². The van der Waals surface area contributed by atoms with Crippen molar-refractivity contribution in [2.24, 2.45) is 17.6 Å². The van der Waals surface area contributed by atoms with E-state index >= 15 is 0 Å². The number of nitrogens with one attached hydrogen (secondary N) is 4. The molecule has 3 aliphatic heterocycles. The maximum Gasteiger partial charge on any atom is 0.0676 e. The smallest absolute Gasteiger partial charge is 0.0676 e. The molecule has 6 N–H and O–H groups in total. The molecule has 0 radical (unpaired) electrons. The third kappa shape index (κ3) is 7.84. The van der Waals surface area contributed by atoms with Crippen LogP contribution in [0.5, 0.6) is 0 Å². The molecule has 6 aliphatic rings. The standard InChI is InChI=1S/C45H53N5/c1-32(38-24-25-42(41-18-5-4-17-40(38)41)45-20-9-15-37(50-45)14-6-7-27-46)21-22-34(31-49-44-19-8-12-33-11-2-3-16-39(33)44)35-23-26-43(48-30-35)36-13-10-28-47-29-36/h4-10,12-13,15,17-23,26,28,30,33,37,39,43,47-50H,2-3,11,14,16,24-25,27,29,31,46H2,1H3/b7-6-,32-21+,34-22+. The first-order valence-corrected chi connectivity index (χ1v) is 18.7. The van der Waals surface area contributed by atoms with E-state index in [1.807, 2.05) is 12.3 Å². The third-order valence-electron chi connectivity index (χ3n) is 11.0. The minimum Gasteiger partial charge on any atom is -0.387 e. The lowest BCUT2D eigenvalue weighted by Gasteiger charge is -2.34. The van der Waals surface area contributed by atoms with E-state index in [2.05, 4.69) is 138 Å². The van der Waals surface area contributed by atoms with Gasteiger partial charge in [0.2, 0.25) is 0 Å². The number of fused-ring (bicyclic) bond motifs is 2. The fourth-order valence-corrected chi connectivity index (χ4v) is 8.24. The molecule has 0 saturated heterocycles. The summed E-state index contributed by atoms with van der Waals surface area (Å²) in [7, 11) is 0. The second-order valence-electron chi connectivity index (χ2n) is 14.2. The van der Waals surface area contributed by atoms with Crippen LogP contribution in [0.25, 0.3) is 11.1 Å². The van der Waals surface area contributed by atoms with Gasteiger partial charge in [0.25, 0.3) is 0 Å². The summed E-state index contributed by atoms with van der Waals surface area (Å²) in [4.78, 5) is 0. The summed E-state index contributed by atoms with van der Waals surface area (Å²) < 4.78 is 0. The molecule has 1 aromatic carbocycles. The van der Waals surface area contributed by atoms with Gasteiger partial charge in [-0.25, -0.2) is 0 Å². The van der Waals surface area contributed by atoms with E-state index in [0.717, 1.165) is 32.4 Å². The molecule has 258 valence electrons. The van der Waals surface area contributed by atoms with E-state index in [0.29, 0.717) is 18.4 Å². The van der Waals surface area contributed by atoms with E-state index in [1.54, 1.807) is 0 Å². The van der Waals surface area contributed by atoms with Gasteiger partial charge in [-0.05, 0) is 113 Å². The predicted molar refractivity (Wildman–Crippen MR) is 211 cm³/mol. The van der Waals surface area contributed by atoms with Gasteiger partial charge < -0.3 is 27.0 Å². The lowest BCUT2D eigenvalue weighted by molar-refractivity contribution is 0.308. The second-order valence-corrected chi connectivity index (χ2v) is 14.2. The maximum absolute atomic E-state index is 5.68. The Morgan fingerprint density at radius 1 is 0.940 bits per heavy atom. The van der Waals surface area contributed by atoms with Crippen molar-refractivity contribution in [3.8, 4) is 0 Å². The number of hydrogen-bond donors (Lipinski definition) is 5. The Morgan fingerprint density at radius 2 is 1.82 bits per heavy atom. The molecule has 4 unspecified atom stereocenters. The van der Waals surface area contributed by atoms with Crippen molar-refractivity contribution in [3.05, 3.63) is 166 Å². The van der Waals surface area contributed by atoms with Crippen molar-refractivity contribution < 1.29 is 0 Å². The van der Waals surface area contributed by atoms with Gasteiger partial charge in [-0.3, -0.25) is 0 Å². The zero-order chi connectivity index (χ0) is 34.1. The summed E-state index contributed by atoms with van der Waals surface area (Å²) in [6.07, 6.45) is 44.0. The van der Waals surface area contributed by atoms with E-state index < -0.39 is 0 Å². The summed E-state index contributed by atoms with van der Waals surface area (Å²) in [5.74, 6) is 1.29. The quantitative estimate of drug-likeness (QED) is 0.143. The van der Waals surface area contributed by atoms with Gasteiger partial charge in [0, 0.05) is 49.2 Å². The average Bonchev–Trinajstić information content (AvgIpc) is 3.18. The van der Waals surface area contributed by atoms with E-state index in [4.69, 9.17) is 5.73 Å². The Balaban J connectivity index is 1.17. The molecule has 0 aromatic heterocycles. The molecule has 0 spiro atoms. The van der Waals surface area contributed by atoms with Crippen molar-refractivity contribution in [1.82, 2.24) is 21.3 Å². The summed E-state index contributed by atoms with van der Waals surface area (Å²) in [6, 6.07) is 9.45. The van der Waals surface area contributed by atoms with Gasteiger partial charge >= 0.3 is 0 Å². The number of rotatable bonds is 11. The van der Waals surface area contributed by atoms with E-state index in [-0.39, 0.29) is 12.1 Å². The number of nitrogens with two attached hydrogens (primary N) is 1. The SMILES string of the molecule is C/C(=C\C=C(/CNC1=CC=CC2CCCCC12)C1=CNC(C2=CC=CNC2)C=C1)C1=c2ccccc2=C(C2=CC=CC(C/C=C\CN)N2)CC1. The minimum atomic E-state index is 0.207. The van der Waals surface area contributed by atoms with Crippen LogP contribution in [0.15, 0.2) is 155 Å². The molecule has 3 aliphatic carbocycles. The summed E-state index contributed by atoms with van der Waals surface area (Å²) in [5.41, 5.74) is 16.4. The van der Waals surface area contributed by atoms with Crippen LogP contribution in [-0.2, 0) is 0 Å². The number of hydrogen-bond acceptors (Lipinski definition) is 5. The highest BCUT2D eigenvalue weighted by molar-refractivity contribution is 5.74. The first kappa shape index (κ1) is 33.7. The van der Waals surface area contributed by atoms with E-state index in [9.17, 15) is 0 Å². The molecule has 1 aromatic rings. The topological polar surface area (TPSA) is 74.1 Å². The fourth-order valence-electron chi connectivity index (χ4n) is 8.24. The van der Waals surface area contributed by atoms with Crippen LogP contribution >= 0.6 is 0 Å². The molecule has 3 heterocycles. The van der Waals surface area contributed by atoms with Gasteiger partial charge in [0.15, 0.2) is 0 Å². The molecule has 1 saturated carbocycles. The zero-order valence-corrected chi connectivity index (χ0v) is 29.5. The van der Waals surface area contributed by atoms with Crippen LogP contribution in [0.3, 0.4) is 0 Å². The summed E-state index contributed by atoms with van der Waals surface area (Å²) in [6.45, 7) is 4.53. The van der Waals surface area contributed by atoms with E-state index in [1.165, 1.54) is 81.0 Å². The Bertz CT molecular complexity index is 1900. The fraction of sp³-hybridized carbons (Fsp3) is 0.333. The number of allylic oxidation sites excluding steroid dienone is 13. The van der Waals surface area contributed by atoms with Crippen LogP contribution in [0, 0.1) is 11.8 Å². The molecular weight excluding hydrogens is 611 g/mol. The normalized spacial score (nSPS) is 26.2. The highest BCUT2D eigenvalue weighted by Crippen LogP contribution is 2.37. The molecule has 50 heavy (non-hydrogen) atoms. The Labute approximate surface area is 298 Å². The average molecular weight is 664 g/mol. The summed E-state index contributed by atoms with van der Waals surface area (Å²) in [5, 5.41) is 17.4. The number of dihydropyridines is 3. The molecular formula is C45H53N5. The molecule has 5 nitrogen and oxygen atoms in total. The highest BCUT2D eigenvalue weighted by Gasteiger charge is 2.28. The van der Waals surface area contributed by atoms with Crippen molar-refractivity contribution in [3.63, 3.8) is 0 Å². The van der Waals surface area contributed by atoms with Crippen molar-refractivity contribution in [1.29, 1.82) is 0 Å². The van der Waals surface area contributed by atoms with Crippen LogP contribution < -0.4 is 37.4 Å². The van der Waals surface area contributed by atoms with Gasteiger partial charge in [0.05, 0.1) is 6.04 Å². The zero-order valence-electron chi connectivity index (χ0n) is 29.5. The van der Waals surface area contributed by atoms with Crippen LogP contribution in [0.1, 0.15) is 51.9 Å². The lowest BCUT2D eigenvalue weighted by Crippen LogP contribution is -2.37. The maximum atomic E-state index is 5.68. The molecule has 0 amide bonds. The Morgan fingerprint density at radius 3 is 2.66 bits per heavy atom. The van der Waals surface area contributed by atoms with Crippen molar-refractivity contribution in [2.75, 3.05) is 19.6 Å². The highest BCUT2D eigenvalue weighted by atomic mass is 14.9. The lowest BCUT2D eigenvalue weighted by atomic mass is 9.75. The van der Waals surface area contributed by atoms with Crippen molar-refractivity contribution in [2.45, 2.75) is 64.0 Å². The Kier molecular flexibility index (Phi) is 11.0. The van der Waals surface area contributed by atoms with Crippen LogP contribution in [0.2, 0.25) is 0 Å². The largest absolute Gasteiger partial charge is 0.387 e. The van der Waals surface area contributed by atoms with Gasteiger partial charge in [0.1, 0.15) is 0 Å². The predicted octanol–water partition coefficient (Wildman–Crippen LogP) is 6.28. The Hall–Kier alpha value is -4.74. The first-order chi connectivity index (χ1) is 24.7. The van der Waals surface area contributed by atoms with Gasteiger partial charge in [-0.2, -0.15) is 0 Å². The minimum absolute atomic E-state index is 0.207. The number of benzene rings is 1. The first-order valence-electron chi connectivity index (χ1n) is 18.7. The van der Waals surface area contributed by atoms with Crippen LogP contribution in [-0.4, -0.2) is 31.7 Å². The van der Waals surface area contributed by atoms with Crippen LogP contribution in [0.4, 0.5) is 0 Å². The summed E-state index contributed by atoms with van der Waals surface area (Å²) >= 11 is 0. The monoisotopic (exact) mass is 663 g/mol. The molecule has 4 atom stereocenters. The van der Waals surface area contributed by atoms with Gasteiger partial charge in [-0.15, -0.1) is 0 Å². The molecule has 5 heteroatoms. The molecule has 0 bridgehead atoms. The molecule has 7 rings (SSSR count). The molecule has 1 fully saturated rings. The third-order valence-corrected chi connectivity index (χ3v) is 11.0. The van der Waals surface area contributed by atoms with Crippen molar-refractivity contribution >= 4 is 11.1 Å².